The van der Waals surface area contributed by atoms with Crippen LogP contribution in [0.4, 0.5) is 0 Å². The summed E-state index contributed by atoms with van der Waals surface area (Å²) in [6, 6.07) is 0. The zero-order valence-corrected chi connectivity index (χ0v) is 13.5. The van der Waals surface area contributed by atoms with Crippen LogP contribution in [0.5, 0.6) is 0 Å². The number of thiol groups is 1. The van der Waals surface area contributed by atoms with E-state index in [1.807, 2.05) is 12.4 Å². The van der Waals surface area contributed by atoms with Gasteiger partial charge in [0.25, 0.3) is 0 Å². The topological polar surface area (TPSA) is 36.1 Å². The van der Waals surface area contributed by atoms with Crippen molar-refractivity contribution in [3.63, 3.8) is 0 Å². The number of hydrogen-bond acceptors (Lipinski definition) is 4. The molecule has 3 heterocycles. The molecular weight excluding hydrogens is 266 g/mol. The van der Waals surface area contributed by atoms with Crippen molar-refractivity contribution in [2.45, 2.75) is 44.3 Å². The maximum Gasteiger partial charge on any atom is 0.0261 e. The molecule has 0 fully saturated rings. The average molecular weight is 295 g/mol. The summed E-state index contributed by atoms with van der Waals surface area (Å²) in [5.41, 5.74) is 1.48. The van der Waals surface area contributed by atoms with Gasteiger partial charge in [-0.05, 0) is 57.6 Å². The van der Waals surface area contributed by atoms with E-state index in [0.29, 0.717) is 5.25 Å². The van der Waals surface area contributed by atoms with Crippen LogP contribution in [-0.4, -0.2) is 24.9 Å². The Morgan fingerprint density at radius 2 is 1.85 bits per heavy atom. The molecule has 20 heavy (non-hydrogen) atoms. The van der Waals surface area contributed by atoms with Crippen LogP contribution in [0.25, 0.3) is 0 Å². The van der Waals surface area contributed by atoms with Gasteiger partial charge < -0.3 is 16.0 Å². The predicted molar refractivity (Wildman–Crippen MR) is 91.9 cm³/mol. The third kappa shape index (κ3) is 9.84. The number of allylic oxidation sites excluding steroid dienone is 3. The normalized spacial score (nSPS) is 23.5. The van der Waals surface area contributed by atoms with Crippen LogP contribution in [0.1, 0.15) is 39.0 Å². The van der Waals surface area contributed by atoms with E-state index in [1.54, 1.807) is 0 Å². The van der Waals surface area contributed by atoms with Gasteiger partial charge in [-0.3, -0.25) is 0 Å². The molecule has 3 N–H and O–H groups in total. The Hall–Kier alpha value is -1.03. The highest BCUT2D eigenvalue weighted by atomic mass is 32.1. The fraction of sp³-hybridized carbons (Fsp3) is 0.625. The lowest BCUT2D eigenvalue weighted by molar-refractivity contribution is 0.699. The van der Waals surface area contributed by atoms with Gasteiger partial charge in [0.2, 0.25) is 0 Å². The third-order valence-corrected chi connectivity index (χ3v) is 3.56. The molecule has 0 radical (unpaired) electrons. The fourth-order valence-electron chi connectivity index (χ4n) is 1.96. The first-order valence-electron chi connectivity index (χ1n) is 7.63. The summed E-state index contributed by atoms with van der Waals surface area (Å²) in [6.07, 6.45) is 16.6. The van der Waals surface area contributed by atoms with Gasteiger partial charge in [-0.2, -0.15) is 12.6 Å². The molecule has 3 rings (SSSR count). The van der Waals surface area contributed by atoms with Gasteiger partial charge in [-0.15, -0.1) is 0 Å². The van der Waals surface area contributed by atoms with Crippen molar-refractivity contribution < 1.29 is 0 Å². The molecule has 3 nitrogen and oxygen atoms in total. The van der Waals surface area contributed by atoms with E-state index in [9.17, 15) is 0 Å². The lowest BCUT2D eigenvalue weighted by atomic mass is 10.1. The zero-order valence-electron chi connectivity index (χ0n) is 12.6. The van der Waals surface area contributed by atoms with Crippen LogP contribution in [0.3, 0.4) is 0 Å². The second kappa shape index (κ2) is 11.8. The van der Waals surface area contributed by atoms with Crippen molar-refractivity contribution in [2.75, 3.05) is 19.6 Å². The first-order chi connectivity index (χ1) is 9.79. The minimum absolute atomic E-state index is 0.532. The Labute approximate surface area is 129 Å². The lowest BCUT2D eigenvalue weighted by Crippen LogP contribution is -2.21. The van der Waals surface area contributed by atoms with Gasteiger partial charge in [0, 0.05) is 24.9 Å². The van der Waals surface area contributed by atoms with Crippen molar-refractivity contribution in [3.8, 4) is 0 Å². The fourth-order valence-corrected chi connectivity index (χ4v) is 2.18. The maximum atomic E-state index is 4.25. The molecule has 0 aromatic carbocycles. The first kappa shape index (κ1) is 17.0. The second-order valence-electron chi connectivity index (χ2n) is 5.25. The Balaban J connectivity index is 0.000000151. The summed E-state index contributed by atoms with van der Waals surface area (Å²) in [5.74, 6) is 0. The number of nitrogens with one attached hydrogen (secondary N) is 3. The highest BCUT2D eigenvalue weighted by molar-refractivity contribution is 7.81. The van der Waals surface area contributed by atoms with Gasteiger partial charge in [0.15, 0.2) is 0 Å². The summed E-state index contributed by atoms with van der Waals surface area (Å²) in [5, 5.41) is 9.89. The van der Waals surface area contributed by atoms with Crippen LogP contribution < -0.4 is 16.0 Å². The molecule has 0 aromatic rings. The molecule has 0 aliphatic carbocycles. The SMILES string of the molecule is C1=CNCCC1.CC1=CNCCC1.SC1CC=CNC1. The van der Waals surface area contributed by atoms with Crippen LogP contribution >= 0.6 is 12.6 Å². The largest absolute Gasteiger partial charge is 0.391 e. The van der Waals surface area contributed by atoms with E-state index in [4.69, 9.17) is 0 Å². The highest BCUT2D eigenvalue weighted by Crippen LogP contribution is 2.04. The molecule has 0 amide bonds. The van der Waals surface area contributed by atoms with E-state index in [2.05, 4.69) is 53.9 Å². The molecule has 1 atom stereocenters. The van der Waals surface area contributed by atoms with Gasteiger partial charge in [0.1, 0.15) is 0 Å². The zero-order chi connectivity index (χ0) is 14.5. The van der Waals surface area contributed by atoms with Crippen LogP contribution in [0, 0.1) is 0 Å². The van der Waals surface area contributed by atoms with E-state index in [-0.39, 0.29) is 0 Å². The molecule has 0 spiro atoms. The van der Waals surface area contributed by atoms with Crippen molar-refractivity contribution in [1.29, 1.82) is 0 Å². The van der Waals surface area contributed by atoms with Gasteiger partial charge in [-0.1, -0.05) is 17.7 Å². The lowest BCUT2D eigenvalue weighted by Gasteiger charge is -2.11. The summed E-state index contributed by atoms with van der Waals surface area (Å²) < 4.78 is 0. The van der Waals surface area contributed by atoms with Crippen LogP contribution in [0.2, 0.25) is 0 Å². The summed E-state index contributed by atoms with van der Waals surface area (Å²) in [6.45, 7) is 5.50. The number of rotatable bonds is 0. The Kier molecular flexibility index (Phi) is 10.0. The van der Waals surface area contributed by atoms with Gasteiger partial charge in [-0.25, -0.2) is 0 Å². The Bertz CT molecular complexity index is 316. The molecule has 3 aliphatic rings. The van der Waals surface area contributed by atoms with Gasteiger partial charge >= 0.3 is 0 Å². The maximum absolute atomic E-state index is 4.25. The predicted octanol–water partition coefficient (Wildman–Crippen LogP) is 2.95. The van der Waals surface area contributed by atoms with Crippen molar-refractivity contribution >= 4 is 12.6 Å². The van der Waals surface area contributed by atoms with Crippen molar-refractivity contribution in [3.05, 3.63) is 36.3 Å². The Morgan fingerprint density at radius 1 is 1.05 bits per heavy atom. The first-order valence-corrected chi connectivity index (χ1v) is 8.14. The summed E-state index contributed by atoms with van der Waals surface area (Å²) in [7, 11) is 0. The minimum atomic E-state index is 0.532. The Morgan fingerprint density at radius 3 is 2.10 bits per heavy atom. The third-order valence-electron chi connectivity index (χ3n) is 3.17. The molecule has 0 bridgehead atoms. The molecule has 114 valence electrons. The average Bonchev–Trinajstić information content (AvgIpc) is 2.52. The van der Waals surface area contributed by atoms with E-state index >= 15 is 0 Å². The van der Waals surface area contributed by atoms with E-state index in [1.165, 1.54) is 31.3 Å². The molecule has 0 saturated carbocycles. The van der Waals surface area contributed by atoms with Gasteiger partial charge in [0.05, 0.1) is 0 Å². The van der Waals surface area contributed by atoms with Crippen molar-refractivity contribution in [1.82, 2.24) is 16.0 Å². The van der Waals surface area contributed by atoms with Crippen LogP contribution in [-0.2, 0) is 0 Å². The molecular formula is C16H29N3S. The second-order valence-corrected chi connectivity index (χ2v) is 5.98. The standard InChI is InChI=1S/C6H11N.C5H9NS.C5H9N/c1-6-3-2-4-7-5-6;7-5-2-1-3-6-4-5;1-2-4-6-5-3-1/h5,7H,2-4H2,1H3;1,3,5-7H,2,4H2;2,4,6H,1,3,5H2. The number of hydrogen-bond donors (Lipinski definition) is 4. The molecule has 1 unspecified atom stereocenters. The van der Waals surface area contributed by atoms with E-state index < -0.39 is 0 Å². The smallest absolute Gasteiger partial charge is 0.0261 e. The quantitative estimate of drug-likeness (QED) is 0.519. The van der Waals surface area contributed by atoms with Crippen molar-refractivity contribution in [2.24, 2.45) is 0 Å². The molecule has 0 aromatic heterocycles. The molecule has 3 aliphatic heterocycles. The monoisotopic (exact) mass is 295 g/mol. The van der Waals surface area contributed by atoms with E-state index in [0.717, 1.165) is 26.1 Å². The molecule has 4 heteroatoms. The highest BCUT2D eigenvalue weighted by Gasteiger charge is 2.00. The minimum Gasteiger partial charge on any atom is -0.391 e. The summed E-state index contributed by atoms with van der Waals surface area (Å²) in [4.78, 5) is 0. The molecule has 0 saturated heterocycles. The summed E-state index contributed by atoms with van der Waals surface area (Å²) >= 11 is 4.25. The van der Waals surface area contributed by atoms with Crippen LogP contribution in [0.15, 0.2) is 36.3 Å².